The van der Waals surface area contributed by atoms with E-state index < -0.39 is 0 Å². The second-order valence-corrected chi connectivity index (χ2v) is 7.08. The van der Waals surface area contributed by atoms with Gasteiger partial charge in [-0.1, -0.05) is 18.2 Å². The predicted octanol–water partition coefficient (Wildman–Crippen LogP) is 0.749. The van der Waals surface area contributed by atoms with Crippen molar-refractivity contribution >= 4 is 5.91 Å². The fourth-order valence-corrected chi connectivity index (χ4v) is 3.94. The summed E-state index contributed by atoms with van der Waals surface area (Å²) >= 11 is 0. The molecule has 0 spiro atoms. The van der Waals surface area contributed by atoms with E-state index >= 15 is 0 Å². The number of ether oxygens (including phenoxy) is 2. The lowest BCUT2D eigenvalue weighted by Gasteiger charge is -2.40. The van der Waals surface area contributed by atoms with Crippen LogP contribution in [-0.4, -0.2) is 61.8 Å². The van der Waals surface area contributed by atoms with Gasteiger partial charge in [0.1, 0.15) is 31.0 Å². The molecule has 0 saturated carbocycles. The Labute approximate surface area is 144 Å². The smallest absolute Gasteiger partial charge is 0.260 e. The van der Waals surface area contributed by atoms with E-state index in [0.29, 0.717) is 18.2 Å². The van der Waals surface area contributed by atoms with Crippen molar-refractivity contribution in [1.29, 1.82) is 0 Å². The van der Waals surface area contributed by atoms with Gasteiger partial charge in [-0.05, 0) is 26.0 Å². The van der Waals surface area contributed by atoms with Gasteiger partial charge in [0.15, 0.2) is 6.61 Å². The molecule has 0 radical (unpaired) electrons. The summed E-state index contributed by atoms with van der Waals surface area (Å²) in [6.45, 7) is 8.31. The zero-order valence-corrected chi connectivity index (χ0v) is 14.7. The van der Waals surface area contributed by atoms with Crippen LogP contribution in [0.5, 0.6) is 5.75 Å². The number of benzene rings is 1. The molecule has 5 nitrogen and oxygen atoms in total. The molecule has 1 N–H and O–H groups in total. The third-order valence-electron chi connectivity index (χ3n) is 5.09. The number of nitrogens with zero attached hydrogens (tertiary/aromatic N) is 1. The molecule has 2 unspecified atom stereocenters. The van der Waals surface area contributed by atoms with Gasteiger partial charge in [-0.15, -0.1) is 0 Å². The number of amides is 1. The Kier molecular flexibility index (Phi) is 5.74. The minimum atomic E-state index is 0.0935. The Balaban J connectivity index is 1.43. The summed E-state index contributed by atoms with van der Waals surface area (Å²) in [6, 6.07) is 10.2. The summed E-state index contributed by atoms with van der Waals surface area (Å²) in [5.41, 5.74) is 0. The summed E-state index contributed by atoms with van der Waals surface area (Å²) in [5.74, 6) is 0.845. The Morgan fingerprint density at radius 2 is 1.79 bits per heavy atom. The van der Waals surface area contributed by atoms with Crippen LogP contribution >= 0.6 is 0 Å². The minimum Gasteiger partial charge on any atom is -0.484 e. The van der Waals surface area contributed by atoms with Crippen molar-refractivity contribution in [3.8, 4) is 5.75 Å². The molecular formula is C19H29N2O3+. The third-order valence-corrected chi connectivity index (χ3v) is 5.09. The quantitative estimate of drug-likeness (QED) is 0.884. The number of nitrogens with one attached hydrogen (secondary N) is 1. The molecule has 5 heteroatoms. The maximum absolute atomic E-state index is 12.3. The monoisotopic (exact) mass is 333 g/mol. The van der Waals surface area contributed by atoms with Crippen molar-refractivity contribution in [3.63, 3.8) is 0 Å². The highest BCUT2D eigenvalue weighted by Gasteiger charge is 2.34. The fraction of sp³-hybridized carbons (Fsp3) is 0.632. The number of hydrogen-bond donors (Lipinski definition) is 1. The van der Waals surface area contributed by atoms with Crippen molar-refractivity contribution in [1.82, 2.24) is 4.90 Å². The normalized spacial score (nSPS) is 28.6. The molecule has 0 bridgehead atoms. The van der Waals surface area contributed by atoms with Crippen molar-refractivity contribution in [2.75, 3.05) is 32.8 Å². The van der Waals surface area contributed by atoms with Gasteiger partial charge in [0.2, 0.25) is 0 Å². The molecule has 2 fully saturated rings. The Morgan fingerprint density at radius 1 is 1.17 bits per heavy atom. The molecule has 0 aromatic heterocycles. The van der Waals surface area contributed by atoms with Gasteiger partial charge in [-0.2, -0.15) is 0 Å². The van der Waals surface area contributed by atoms with Crippen LogP contribution in [0.2, 0.25) is 0 Å². The second kappa shape index (κ2) is 7.99. The average Bonchev–Trinajstić information content (AvgIpc) is 2.60. The van der Waals surface area contributed by atoms with Crippen LogP contribution in [0.15, 0.2) is 30.3 Å². The number of rotatable bonds is 4. The second-order valence-electron chi connectivity index (χ2n) is 7.08. The molecule has 2 saturated heterocycles. The summed E-state index contributed by atoms with van der Waals surface area (Å²) in [5, 5.41) is 0. The molecule has 3 rings (SSSR count). The third kappa shape index (κ3) is 4.48. The van der Waals surface area contributed by atoms with Gasteiger partial charge < -0.3 is 19.3 Å². The number of hydrogen-bond acceptors (Lipinski definition) is 3. The fourth-order valence-electron chi connectivity index (χ4n) is 3.94. The van der Waals surface area contributed by atoms with E-state index in [0.717, 1.165) is 44.8 Å². The van der Waals surface area contributed by atoms with Crippen molar-refractivity contribution < 1.29 is 19.2 Å². The summed E-state index contributed by atoms with van der Waals surface area (Å²) in [7, 11) is 0. The van der Waals surface area contributed by atoms with Crippen molar-refractivity contribution in [3.05, 3.63) is 30.3 Å². The average molecular weight is 333 g/mol. The largest absolute Gasteiger partial charge is 0.484 e. The Hall–Kier alpha value is -1.59. The summed E-state index contributed by atoms with van der Waals surface area (Å²) < 4.78 is 11.4. The van der Waals surface area contributed by atoms with Crippen LogP contribution < -0.4 is 9.64 Å². The van der Waals surface area contributed by atoms with Gasteiger partial charge in [0.25, 0.3) is 5.91 Å². The number of piperidine rings is 1. The first-order chi connectivity index (χ1) is 11.6. The zero-order chi connectivity index (χ0) is 16.9. The van der Waals surface area contributed by atoms with Gasteiger partial charge in [0, 0.05) is 25.9 Å². The van der Waals surface area contributed by atoms with Crippen LogP contribution in [0.4, 0.5) is 0 Å². The van der Waals surface area contributed by atoms with Crippen LogP contribution in [0, 0.1) is 0 Å². The van der Waals surface area contributed by atoms with Gasteiger partial charge >= 0.3 is 0 Å². The predicted molar refractivity (Wildman–Crippen MR) is 92.2 cm³/mol. The first-order valence-corrected chi connectivity index (χ1v) is 9.07. The molecule has 2 aliphatic rings. The number of carbonyl (C=O) groups is 1. The molecular weight excluding hydrogens is 304 g/mol. The summed E-state index contributed by atoms with van der Waals surface area (Å²) in [4.78, 5) is 15.9. The van der Waals surface area contributed by atoms with E-state index in [9.17, 15) is 4.79 Å². The molecule has 2 atom stereocenters. The lowest BCUT2D eigenvalue weighted by molar-refractivity contribution is -0.940. The van der Waals surface area contributed by atoms with Crippen LogP contribution in [0.1, 0.15) is 26.7 Å². The molecule has 2 aliphatic heterocycles. The molecule has 2 heterocycles. The molecule has 132 valence electrons. The van der Waals surface area contributed by atoms with Gasteiger partial charge in [-0.3, -0.25) is 4.79 Å². The van der Waals surface area contributed by atoms with Crippen LogP contribution in [0.25, 0.3) is 0 Å². The lowest BCUT2D eigenvalue weighted by Crippen LogP contribution is -3.19. The van der Waals surface area contributed by atoms with Crippen LogP contribution in [-0.2, 0) is 9.53 Å². The number of quaternary nitrogens is 1. The summed E-state index contributed by atoms with van der Waals surface area (Å²) in [6.07, 6.45) is 2.82. The maximum atomic E-state index is 12.3. The zero-order valence-electron chi connectivity index (χ0n) is 14.7. The van der Waals surface area contributed by atoms with E-state index in [1.54, 1.807) is 4.90 Å². The van der Waals surface area contributed by atoms with E-state index in [2.05, 4.69) is 13.8 Å². The van der Waals surface area contributed by atoms with Crippen LogP contribution in [0.3, 0.4) is 0 Å². The molecule has 24 heavy (non-hydrogen) atoms. The van der Waals surface area contributed by atoms with Gasteiger partial charge in [-0.25, -0.2) is 0 Å². The van der Waals surface area contributed by atoms with E-state index in [-0.39, 0.29) is 12.5 Å². The Morgan fingerprint density at radius 3 is 2.42 bits per heavy atom. The topological polar surface area (TPSA) is 43.2 Å². The molecule has 1 amide bonds. The molecule has 1 aromatic carbocycles. The first kappa shape index (κ1) is 17.2. The lowest BCUT2D eigenvalue weighted by atomic mass is 10.0. The minimum absolute atomic E-state index is 0.0935. The highest BCUT2D eigenvalue weighted by atomic mass is 16.5. The molecule has 0 aliphatic carbocycles. The number of para-hydroxylation sites is 1. The number of likely N-dealkylation sites (tertiary alicyclic amines) is 1. The number of morpholine rings is 1. The SMILES string of the molecule is CC1C[NH+](C2CCN(C(=O)COc3ccccc3)CC2)CC(C)O1. The van der Waals surface area contributed by atoms with E-state index in [1.807, 2.05) is 35.2 Å². The standard InChI is InChI=1S/C19H28N2O3/c1-15-12-21(13-16(2)24-15)17-8-10-20(11-9-17)19(22)14-23-18-6-4-3-5-7-18/h3-7,15-17H,8-14H2,1-2H3/p+1. The highest BCUT2D eigenvalue weighted by molar-refractivity contribution is 5.77. The van der Waals surface area contributed by atoms with Crippen molar-refractivity contribution in [2.24, 2.45) is 0 Å². The van der Waals surface area contributed by atoms with Crippen molar-refractivity contribution in [2.45, 2.75) is 44.9 Å². The molecule has 1 aromatic rings. The Bertz CT molecular complexity index is 519. The van der Waals surface area contributed by atoms with Gasteiger partial charge in [0.05, 0.1) is 6.04 Å². The number of carbonyl (C=O) groups excluding carboxylic acids is 1. The maximum Gasteiger partial charge on any atom is 0.260 e. The first-order valence-electron chi connectivity index (χ1n) is 9.07. The van der Waals surface area contributed by atoms with E-state index in [4.69, 9.17) is 9.47 Å². The highest BCUT2D eigenvalue weighted by Crippen LogP contribution is 2.12. The van der Waals surface area contributed by atoms with E-state index in [1.165, 1.54) is 0 Å².